The van der Waals surface area contributed by atoms with Gasteiger partial charge in [-0.15, -0.1) is 16.4 Å². The summed E-state index contributed by atoms with van der Waals surface area (Å²) < 4.78 is 45.8. The third-order valence-electron chi connectivity index (χ3n) is 3.87. The lowest BCUT2D eigenvalue weighted by Gasteiger charge is -2.06. The molecule has 0 spiro atoms. The molecule has 154 valence electrons. The fraction of sp³-hybridized carbons (Fsp3) is 0.176. The van der Waals surface area contributed by atoms with Crippen molar-refractivity contribution in [1.29, 1.82) is 0 Å². The highest BCUT2D eigenvalue weighted by molar-refractivity contribution is 7.13. The van der Waals surface area contributed by atoms with Crippen molar-refractivity contribution in [2.24, 2.45) is 7.05 Å². The first-order valence-electron chi connectivity index (χ1n) is 8.36. The van der Waals surface area contributed by atoms with Gasteiger partial charge in [-0.25, -0.2) is 19.4 Å². The van der Waals surface area contributed by atoms with Crippen LogP contribution in [0.4, 0.5) is 13.2 Å². The van der Waals surface area contributed by atoms with Gasteiger partial charge in [-0.2, -0.15) is 18.3 Å². The van der Waals surface area contributed by atoms with E-state index >= 15 is 0 Å². The summed E-state index contributed by atoms with van der Waals surface area (Å²) in [4.78, 5) is 20.2. The fourth-order valence-electron chi connectivity index (χ4n) is 2.41. The van der Waals surface area contributed by atoms with Gasteiger partial charge in [0.25, 0.3) is 0 Å². The molecule has 13 heteroatoms. The van der Waals surface area contributed by atoms with E-state index in [1.807, 2.05) is 0 Å². The van der Waals surface area contributed by atoms with Crippen molar-refractivity contribution in [1.82, 2.24) is 34.7 Å². The van der Waals surface area contributed by atoms with Crippen molar-refractivity contribution in [2.45, 2.75) is 12.8 Å². The van der Waals surface area contributed by atoms with E-state index in [-0.39, 0.29) is 18.1 Å². The summed E-state index contributed by atoms with van der Waals surface area (Å²) in [6.07, 6.45) is 1.06. The molecule has 4 aromatic heterocycles. The molecule has 0 N–H and O–H groups in total. The molecule has 0 bridgehead atoms. The SMILES string of the molecule is Cn1cc(-c2nc(C(=O)OCc3cn(-c4ccc(C(F)(F)F)cn4)nn3)cs2)cn1. The second-order valence-electron chi connectivity index (χ2n) is 6.07. The monoisotopic (exact) mass is 435 g/mol. The van der Waals surface area contributed by atoms with Crippen LogP contribution in [0, 0.1) is 0 Å². The van der Waals surface area contributed by atoms with Crippen LogP contribution in [0.5, 0.6) is 0 Å². The number of ether oxygens (including phenoxy) is 1. The second-order valence-corrected chi connectivity index (χ2v) is 6.93. The summed E-state index contributed by atoms with van der Waals surface area (Å²) >= 11 is 1.28. The number of hydrogen-bond acceptors (Lipinski definition) is 8. The van der Waals surface area contributed by atoms with E-state index in [0.29, 0.717) is 16.9 Å². The minimum atomic E-state index is -4.47. The lowest BCUT2D eigenvalue weighted by molar-refractivity contribution is -0.137. The quantitative estimate of drug-likeness (QED) is 0.444. The maximum Gasteiger partial charge on any atom is 0.417 e. The molecule has 0 saturated carbocycles. The Balaban J connectivity index is 1.38. The number of alkyl halides is 3. The molecular formula is C17H12F3N7O2S. The predicted molar refractivity (Wildman–Crippen MR) is 97.6 cm³/mol. The molecule has 4 heterocycles. The maximum atomic E-state index is 12.6. The van der Waals surface area contributed by atoms with Crippen LogP contribution in [-0.4, -0.2) is 40.7 Å². The Hall–Kier alpha value is -3.61. The van der Waals surface area contributed by atoms with E-state index < -0.39 is 17.7 Å². The summed E-state index contributed by atoms with van der Waals surface area (Å²) in [5.74, 6) is -0.489. The van der Waals surface area contributed by atoms with Gasteiger partial charge in [-0.3, -0.25) is 4.68 Å². The molecule has 0 amide bonds. The molecule has 0 fully saturated rings. The number of rotatable bonds is 5. The number of nitrogens with zero attached hydrogens (tertiary/aromatic N) is 7. The summed E-state index contributed by atoms with van der Waals surface area (Å²) in [7, 11) is 1.78. The van der Waals surface area contributed by atoms with Gasteiger partial charge in [0.1, 0.15) is 17.3 Å². The van der Waals surface area contributed by atoms with Gasteiger partial charge in [-0.05, 0) is 12.1 Å². The first-order chi connectivity index (χ1) is 14.3. The molecule has 0 atom stereocenters. The Morgan fingerprint density at radius 2 is 2.07 bits per heavy atom. The molecule has 9 nitrogen and oxygen atoms in total. The van der Waals surface area contributed by atoms with Gasteiger partial charge < -0.3 is 4.74 Å². The Labute approximate surface area is 170 Å². The van der Waals surface area contributed by atoms with E-state index in [1.165, 1.54) is 28.3 Å². The van der Waals surface area contributed by atoms with Gasteiger partial charge in [0.2, 0.25) is 0 Å². The Morgan fingerprint density at radius 1 is 1.23 bits per heavy atom. The van der Waals surface area contributed by atoms with Gasteiger partial charge >= 0.3 is 12.1 Å². The van der Waals surface area contributed by atoms with Crippen molar-refractivity contribution in [3.05, 3.63) is 59.3 Å². The molecule has 0 saturated heterocycles. The second kappa shape index (κ2) is 7.67. The topological polar surface area (TPSA) is 101 Å². The van der Waals surface area contributed by atoms with Crippen molar-refractivity contribution in [3.63, 3.8) is 0 Å². The standard InChI is InChI=1S/C17H12F3N7O2S/c1-26-6-10(4-22-26)15-23-13(9-30-15)16(28)29-8-12-7-27(25-24-12)14-3-2-11(5-21-14)17(18,19)20/h2-7,9H,8H2,1H3. The van der Waals surface area contributed by atoms with Crippen LogP contribution in [0.1, 0.15) is 21.7 Å². The summed E-state index contributed by atoms with van der Waals surface area (Å²) in [6, 6.07) is 2.06. The smallest absolute Gasteiger partial charge is 0.417 e. The van der Waals surface area contributed by atoms with Crippen LogP contribution in [0.15, 0.2) is 42.3 Å². The maximum absolute atomic E-state index is 12.6. The lowest BCUT2D eigenvalue weighted by atomic mass is 10.3. The molecular weight excluding hydrogens is 423 g/mol. The van der Waals surface area contributed by atoms with Crippen molar-refractivity contribution in [3.8, 4) is 16.4 Å². The van der Waals surface area contributed by atoms with Gasteiger partial charge in [0.05, 0.1) is 18.0 Å². The van der Waals surface area contributed by atoms with E-state index in [4.69, 9.17) is 4.74 Å². The van der Waals surface area contributed by atoms with E-state index in [1.54, 1.807) is 29.5 Å². The van der Waals surface area contributed by atoms with Crippen LogP contribution in [0.3, 0.4) is 0 Å². The Bertz CT molecular complexity index is 1180. The molecule has 0 aliphatic heterocycles. The minimum Gasteiger partial charge on any atom is -0.454 e. The summed E-state index contributed by atoms with van der Waals surface area (Å²) in [5.41, 5.74) is 0.367. The van der Waals surface area contributed by atoms with E-state index in [2.05, 4.69) is 25.4 Å². The third kappa shape index (κ3) is 4.20. The number of halogens is 3. The van der Waals surface area contributed by atoms with Crippen LogP contribution in [0.2, 0.25) is 0 Å². The fourth-order valence-corrected chi connectivity index (χ4v) is 3.18. The molecule has 0 aliphatic carbocycles. The summed E-state index contributed by atoms with van der Waals surface area (Å²) in [5, 5.41) is 13.9. The first-order valence-corrected chi connectivity index (χ1v) is 9.24. The van der Waals surface area contributed by atoms with Gasteiger partial charge in [-0.1, -0.05) is 5.21 Å². The van der Waals surface area contributed by atoms with Crippen LogP contribution in [0.25, 0.3) is 16.4 Å². The first kappa shape index (κ1) is 19.7. The van der Waals surface area contributed by atoms with Gasteiger partial charge in [0, 0.05) is 30.4 Å². The number of aryl methyl sites for hydroxylation is 1. The third-order valence-corrected chi connectivity index (χ3v) is 4.76. The van der Waals surface area contributed by atoms with E-state index in [0.717, 1.165) is 11.6 Å². The van der Waals surface area contributed by atoms with Crippen molar-refractivity contribution < 1.29 is 22.7 Å². The summed E-state index contributed by atoms with van der Waals surface area (Å²) in [6.45, 7) is -0.181. The van der Waals surface area contributed by atoms with Crippen LogP contribution >= 0.6 is 11.3 Å². The van der Waals surface area contributed by atoms with Crippen molar-refractivity contribution >= 4 is 17.3 Å². The highest BCUT2D eigenvalue weighted by atomic mass is 32.1. The number of carbonyl (C=O) groups is 1. The molecule has 0 unspecified atom stereocenters. The van der Waals surface area contributed by atoms with E-state index in [9.17, 15) is 18.0 Å². The van der Waals surface area contributed by atoms with Crippen LogP contribution in [-0.2, 0) is 24.6 Å². The average molecular weight is 435 g/mol. The van der Waals surface area contributed by atoms with Gasteiger partial charge in [0.15, 0.2) is 11.5 Å². The molecule has 0 radical (unpaired) electrons. The number of pyridine rings is 1. The number of esters is 1. The zero-order chi connectivity index (χ0) is 21.3. The highest BCUT2D eigenvalue weighted by Gasteiger charge is 2.30. The molecule has 0 aromatic carbocycles. The predicted octanol–water partition coefficient (Wildman–Crippen LogP) is 2.90. The molecule has 4 aromatic rings. The Kier molecular flexibility index (Phi) is 5.03. The zero-order valence-electron chi connectivity index (χ0n) is 15.2. The number of aromatic nitrogens is 7. The molecule has 4 rings (SSSR count). The largest absolute Gasteiger partial charge is 0.454 e. The number of thiazole rings is 1. The lowest BCUT2D eigenvalue weighted by Crippen LogP contribution is -2.07. The highest BCUT2D eigenvalue weighted by Crippen LogP contribution is 2.28. The molecule has 0 aliphatic rings. The molecule has 30 heavy (non-hydrogen) atoms. The number of carbonyl (C=O) groups excluding carboxylic acids is 1. The number of hydrogen-bond donors (Lipinski definition) is 0. The normalized spacial score (nSPS) is 11.6. The minimum absolute atomic E-state index is 0.147. The Morgan fingerprint density at radius 3 is 2.73 bits per heavy atom. The van der Waals surface area contributed by atoms with Crippen LogP contribution < -0.4 is 0 Å². The van der Waals surface area contributed by atoms with Crippen molar-refractivity contribution in [2.75, 3.05) is 0 Å². The average Bonchev–Trinajstić information content (AvgIpc) is 3.46. The zero-order valence-corrected chi connectivity index (χ0v) is 16.1.